The summed E-state index contributed by atoms with van der Waals surface area (Å²) in [6.45, 7) is 2.13. The predicted octanol–water partition coefficient (Wildman–Crippen LogP) is 9.27. The third-order valence-electron chi connectivity index (χ3n) is 5.99. The van der Waals surface area contributed by atoms with Crippen LogP contribution in [0.25, 0.3) is 44.2 Å². The summed E-state index contributed by atoms with van der Waals surface area (Å²) in [5.41, 5.74) is 8.61. The molecule has 0 N–H and O–H groups in total. The summed E-state index contributed by atoms with van der Waals surface area (Å²) in [5, 5.41) is 2.44. The third kappa shape index (κ3) is 4.56. The highest BCUT2D eigenvalue weighted by Crippen LogP contribution is 2.37. The van der Waals surface area contributed by atoms with Crippen LogP contribution in [-0.2, 0) is 0 Å². The van der Waals surface area contributed by atoms with E-state index in [9.17, 15) is 0 Å². The van der Waals surface area contributed by atoms with Crippen LogP contribution in [0.4, 0.5) is 0 Å². The molecule has 0 unspecified atom stereocenters. The summed E-state index contributed by atoms with van der Waals surface area (Å²) in [7, 11) is 0. The summed E-state index contributed by atoms with van der Waals surface area (Å²) in [6, 6.07) is 49.8. The number of benzene rings is 4. The van der Waals surface area contributed by atoms with Crippen LogP contribution < -0.4 is 0 Å². The van der Waals surface area contributed by atoms with E-state index in [4.69, 9.17) is 0 Å². The monoisotopic (exact) mass is 422 g/mol. The average molecular weight is 423 g/mol. The van der Waals surface area contributed by atoms with Gasteiger partial charge in [-0.3, -0.25) is 0 Å². The molecule has 5 rings (SSSR count). The molecule has 33 heavy (non-hydrogen) atoms. The molecule has 0 fully saturated rings. The van der Waals surface area contributed by atoms with E-state index in [0.717, 1.165) is 0 Å². The fourth-order valence-corrected chi connectivity index (χ4v) is 4.30. The predicted molar refractivity (Wildman–Crippen MR) is 143 cm³/mol. The van der Waals surface area contributed by atoms with Crippen LogP contribution in [0.2, 0.25) is 0 Å². The van der Waals surface area contributed by atoms with Gasteiger partial charge >= 0.3 is 0 Å². The van der Waals surface area contributed by atoms with Gasteiger partial charge in [0.25, 0.3) is 0 Å². The minimum Gasteiger partial charge on any atom is -0.0622 e. The van der Waals surface area contributed by atoms with Crippen molar-refractivity contribution in [1.29, 1.82) is 0 Å². The van der Waals surface area contributed by atoms with E-state index in [1.807, 2.05) is 0 Å². The van der Waals surface area contributed by atoms with E-state index in [0.29, 0.717) is 0 Å². The van der Waals surface area contributed by atoms with E-state index in [1.54, 1.807) is 0 Å². The quantitative estimate of drug-likeness (QED) is 0.272. The Morgan fingerprint density at radius 2 is 0.939 bits per heavy atom. The lowest BCUT2D eigenvalue weighted by atomic mass is 9.91. The molecule has 0 spiro atoms. The second kappa shape index (κ2) is 9.54. The van der Waals surface area contributed by atoms with Crippen molar-refractivity contribution >= 4 is 10.8 Å². The van der Waals surface area contributed by atoms with Crippen molar-refractivity contribution in [3.63, 3.8) is 0 Å². The van der Waals surface area contributed by atoms with Crippen LogP contribution in [0, 0.1) is 6.92 Å². The lowest BCUT2D eigenvalue weighted by Crippen LogP contribution is -1.86. The van der Waals surface area contributed by atoms with Gasteiger partial charge in [-0.1, -0.05) is 139 Å². The Kier molecular flexibility index (Phi) is 5.99. The zero-order valence-corrected chi connectivity index (χ0v) is 18.8. The molecule has 0 nitrogen and oxygen atoms in total. The van der Waals surface area contributed by atoms with Gasteiger partial charge in [-0.25, -0.2) is 0 Å². The van der Waals surface area contributed by atoms with Gasteiger partial charge in [0.2, 0.25) is 0 Å². The molecule has 0 aliphatic rings. The Morgan fingerprint density at radius 1 is 0.394 bits per heavy atom. The minimum absolute atomic E-state index is 1.21. The number of hydrogen-bond acceptors (Lipinski definition) is 0. The summed E-state index contributed by atoms with van der Waals surface area (Å²) >= 11 is 0. The van der Waals surface area contributed by atoms with Crippen LogP contribution in [0.15, 0.2) is 140 Å². The van der Waals surface area contributed by atoms with Crippen molar-refractivity contribution < 1.29 is 0 Å². The first-order valence-electron chi connectivity index (χ1n) is 11.4. The van der Waals surface area contributed by atoms with Crippen molar-refractivity contribution in [3.05, 3.63) is 145 Å². The minimum atomic E-state index is 1.21. The summed E-state index contributed by atoms with van der Waals surface area (Å²) in [6.07, 6.45) is 0. The molecule has 0 heteroatoms. The van der Waals surface area contributed by atoms with Crippen molar-refractivity contribution in [2.24, 2.45) is 0 Å². The second-order valence-corrected chi connectivity index (χ2v) is 8.29. The Hall–Kier alpha value is -4.16. The smallest absolute Gasteiger partial charge is 0.00268 e. The van der Waals surface area contributed by atoms with Crippen molar-refractivity contribution in [2.75, 3.05) is 0 Å². The Labute approximate surface area is 196 Å². The third-order valence-corrected chi connectivity index (χ3v) is 5.99. The maximum absolute atomic E-state index is 2.31. The molecule has 0 saturated carbocycles. The summed E-state index contributed by atoms with van der Waals surface area (Å²) in [5.74, 6) is 0. The molecule has 0 radical (unpaired) electrons. The van der Waals surface area contributed by atoms with E-state index >= 15 is 0 Å². The van der Waals surface area contributed by atoms with Crippen molar-refractivity contribution in [1.82, 2.24) is 0 Å². The Morgan fingerprint density at radius 3 is 1.64 bits per heavy atom. The van der Waals surface area contributed by atoms with Gasteiger partial charge in [-0.15, -0.1) is 0 Å². The highest BCUT2D eigenvalue weighted by molar-refractivity contribution is 6.03. The van der Waals surface area contributed by atoms with Crippen molar-refractivity contribution in [3.8, 4) is 33.4 Å². The zero-order chi connectivity index (χ0) is 22.5. The molecule has 0 saturated heterocycles. The van der Waals surface area contributed by atoms with E-state index in [2.05, 4.69) is 146 Å². The zero-order valence-electron chi connectivity index (χ0n) is 18.8. The van der Waals surface area contributed by atoms with E-state index < -0.39 is 0 Å². The SMILES string of the molecule is Cc1ccc(-c2ccc3c(-c4ccccc4)c(-c4ccccc4)ccccccc3c2)cc1. The summed E-state index contributed by atoms with van der Waals surface area (Å²) in [4.78, 5) is 0. The van der Waals surface area contributed by atoms with Crippen LogP contribution >= 0.6 is 0 Å². The number of fused-ring (bicyclic) bond motifs is 1. The first-order chi connectivity index (χ1) is 16.3. The Bertz CT molecular complexity index is 1430. The van der Waals surface area contributed by atoms with E-state index in [1.165, 1.54) is 49.7 Å². The molecule has 0 amide bonds. The van der Waals surface area contributed by atoms with Gasteiger partial charge in [0, 0.05) is 0 Å². The number of rotatable bonds is 3. The molecule has 0 heterocycles. The highest BCUT2D eigenvalue weighted by atomic mass is 14.1. The lowest BCUT2D eigenvalue weighted by Gasteiger charge is -2.13. The first-order valence-corrected chi connectivity index (χ1v) is 11.4. The van der Waals surface area contributed by atoms with Gasteiger partial charge in [0.15, 0.2) is 0 Å². The van der Waals surface area contributed by atoms with Crippen LogP contribution in [0.1, 0.15) is 5.56 Å². The average Bonchev–Trinajstić information content (AvgIpc) is 2.87. The molecule has 0 aromatic heterocycles. The van der Waals surface area contributed by atoms with Crippen LogP contribution in [0.3, 0.4) is 0 Å². The standard InChI is InChI=1S/C33H26/c1-25-18-20-26(21-19-25)29-22-23-32-30(24-29)16-6-2-3-11-17-31(27-12-7-4-8-13-27)33(32)28-14-9-5-10-15-28/h2-24H,1H3. The van der Waals surface area contributed by atoms with Crippen molar-refractivity contribution in [2.45, 2.75) is 6.92 Å². The van der Waals surface area contributed by atoms with Gasteiger partial charge in [0.1, 0.15) is 0 Å². The molecule has 0 aliphatic heterocycles. The van der Waals surface area contributed by atoms with E-state index in [-0.39, 0.29) is 0 Å². The van der Waals surface area contributed by atoms with Gasteiger partial charge < -0.3 is 0 Å². The van der Waals surface area contributed by atoms with Gasteiger partial charge in [-0.2, -0.15) is 0 Å². The molecular weight excluding hydrogens is 396 g/mol. The fourth-order valence-electron chi connectivity index (χ4n) is 4.30. The molecule has 158 valence electrons. The Balaban J connectivity index is 1.88. The lowest BCUT2D eigenvalue weighted by molar-refractivity contribution is 1.47. The molecule has 5 aromatic carbocycles. The molecule has 5 aromatic rings. The highest BCUT2D eigenvalue weighted by Gasteiger charge is 2.10. The molecule has 0 bridgehead atoms. The van der Waals surface area contributed by atoms with Crippen LogP contribution in [-0.4, -0.2) is 0 Å². The molecule has 0 aliphatic carbocycles. The molecular formula is C33H26. The second-order valence-electron chi connectivity index (χ2n) is 8.29. The normalized spacial score (nSPS) is 10.6. The first kappa shape index (κ1) is 20.7. The maximum Gasteiger partial charge on any atom is -0.00268 e. The summed E-state index contributed by atoms with van der Waals surface area (Å²) < 4.78 is 0. The van der Waals surface area contributed by atoms with Gasteiger partial charge in [0.05, 0.1) is 0 Å². The van der Waals surface area contributed by atoms with Gasteiger partial charge in [-0.05, 0) is 57.1 Å². The number of aryl methyl sites for hydroxylation is 1. The van der Waals surface area contributed by atoms with Crippen LogP contribution in [0.5, 0.6) is 0 Å². The topological polar surface area (TPSA) is 0 Å². The maximum atomic E-state index is 2.31. The molecule has 0 atom stereocenters. The number of hydrogen-bond donors (Lipinski definition) is 0. The fraction of sp³-hybridized carbons (Fsp3) is 0.0303. The largest absolute Gasteiger partial charge is 0.0622 e.